The smallest absolute Gasteiger partial charge is 0.242 e. The van der Waals surface area contributed by atoms with Gasteiger partial charge >= 0.3 is 0 Å². The summed E-state index contributed by atoms with van der Waals surface area (Å²) in [5.74, 6) is 0.235. The molecule has 0 bridgehead atoms. The molecule has 1 aromatic heterocycles. The zero-order valence-corrected chi connectivity index (χ0v) is 17.0. The third kappa shape index (κ3) is 4.29. The fourth-order valence-corrected chi connectivity index (χ4v) is 4.61. The molecular formula is C21H32N4O3. The summed E-state index contributed by atoms with van der Waals surface area (Å²) in [7, 11) is 0. The molecule has 1 N–H and O–H groups in total. The number of anilines is 1. The minimum atomic E-state index is -0.452. The van der Waals surface area contributed by atoms with Crippen LogP contribution in [0.4, 0.5) is 5.69 Å². The number of pyridine rings is 1. The highest BCUT2D eigenvalue weighted by Gasteiger charge is 2.51. The molecule has 7 nitrogen and oxygen atoms in total. The van der Waals surface area contributed by atoms with Gasteiger partial charge in [-0.25, -0.2) is 0 Å². The molecule has 2 amide bonds. The topological polar surface area (TPSA) is 74.8 Å². The van der Waals surface area contributed by atoms with Gasteiger partial charge in [-0.1, -0.05) is 0 Å². The first-order valence-electron chi connectivity index (χ1n) is 10.4. The maximum atomic E-state index is 13.4. The summed E-state index contributed by atoms with van der Waals surface area (Å²) in [6, 6.07) is 3.64. The van der Waals surface area contributed by atoms with E-state index in [9.17, 15) is 9.59 Å². The zero-order valence-electron chi connectivity index (χ0n) is 17.0. The highest BCUT2D eigenvalue weighted by Crippen LogP contribution is 2.44. The van der Waals surface area contributed by atoms with Crippen LogP contribution in [0.1, 0.15) is 39.5 Å². The van der Waals surface area contributed by atoms with E-state index in [0.717, 1.165) is 37.9 Å². The van der Waals surface area contributed by atoms with E-state index in [0.29, 0.717) is 26.3 Å². The highest BCUT2D eigenvalue weighted by molar-refractivity contribution is 5.87. The zero-order chi connectivity index (χ0) is 20.0. The fourth-order valence-electron chi connectivity index (χ4n) is 4.61. The molecule has 0 saturated carbocycles. The van der Waals surface area contributed by atoms with E-state index >= 15 is 0 Å². The molecule has 3 rings (SSSR count). The molecule has 0 aliphatic carbocycles. The molecule has 0 radical (unpaired) electrons. The summed E-state index contributed by atoms with van der Waals surface area (Å²) in [4.78, 5) is 34.2. The first kappa shape index (κ1) is 20.6. The fraction of sp³-hybridized carbons (Fsp3) is 0.667. The van der Waals surface area contributed by atoms with Crippen molar-refractivity contribution in [3.63, 3.8) is 0 Å². The number of rotatable bonds is 7. The average Bonchev–Trinajstić information content (AvgIpc) is 2.72. The van der Waals surface area contributed by atoms with Crippen LogP contribution in [0.25, 0.3) is 0 Å². The summed E-state index contributed by atoms with van der Waals surface area (Å²) < 4.78 is 5.45. The van der Waals surface area contributed by atoms with Crippen molar-refractivity contribution in [3.8, 4) is 0 Å². The first-order valence-corrected chi connectivity index (χ1v) is 10.4. The number of piperidine rings is 2. The van der Waals surface area contributed by atoms with Crippen molar-refractivity contribution >= 4 is 17.5 Å². The van der Waals surface area contributed by atoms with Crippen molar-refractivity contribution in [2.24, 2.45) is 5.41 Å². The van der Waals surface area contributed by atoms with Crippen LogP contribution < -0.4 is 5.32 Å². The number of hydrogen-bond acceptors (Lipinski definition) is 5. The van der Waals surface area contributed by atoms with Crippen LogP contribution >= 0.6 is 0 Å². The van der Waals surface area contributed by atoms with E-state index in [4.69, 9.17) is 4.74 Å². The molecule has 7 heteroatoms. The number of aromatic nitrogens is 1. The summed E-state index contributed by atoms with van der Waals surface area (Å²) >= 11 is 0. The monoisotopic (exact) mass is 388 g/mol. The largest absolute Gasteiger partial charge is 0.380 e. The Morgan fingerprint density at radius 1 is 1.36 bits per heavy atom. The summed E-state index contributed by atoms with van der Waals surface area (Å²) in [6.07, 6.45) is 6.98. The van der Waals surface area contributed by atoms with E-state index < -0.39 is 5.41 Å². The second-order valence-electron chi connectivity index (χ2n) is 7.71. The van der Waals surface area contributed by atoms with Gasteiger partial charge in [-0.2, -0.15) is 0 Å². The van der Waals surface area contributed by atoms with Crippen molar-refractivity contribution in [1.29, 1.82) is 0 Å². The maximum absolute atomic E-state index is 13.4. The van der Waals surface area contributed by atoms with Crippen molar-refractivity contribution in [2.75, 3.05) is 44.7 Å². The van der Waals surface area contributed by atoms with Crippen LogP contribution in [-0.2, 0) is 14.3 Å². The summed E-state index contributed by atoms with van der Waals surface area (Å²) in [5, 5.41) is 3.14. The van der Waals surface area contributed by atoms with Crippen LogP contribution in [-0.4, -0.2) is 72.0 Å². The van der Waals surface area contributed by atoms with Gasteiger partial charge in [0.25, 0.3) is 0 Å². The third-order valence-electron chi connectivity index (χ3n) is 6.19. The van der Waals surface area contributed by atoms with Crippen LogP contribution in [0.5, 0.6) is 0 Å². The van der Waals surface area contributed by atoms with Crippen LogP contribution in [0.15, 0.2) is 24.5 Å². The van der Waals surface area contributed by atoms with E-state index in [2.05, 4.69) is 10.3 Å². The molecule has 2 saturated heterocycles. The van der Waals surface area contributed by atoms with Gasteiger partial charge in [-0.05, 0) is 51.7 Å². The van der Waals surface area contributed by atoms with Gasteiger partial charge in [0.05, 0.1) is 24.3 Å². The van der Waals surface area contributed by atoms with Crippen LogP contribution in [0, 0.1) is 5.41 Å². The number of nitrogens with one attached hydrogen (secondary N) is 1. The second kappa shape index (κ2) is 9.37. The van der Waals surface area contributed by atoms with Gasteiger partial charge in [-0.15, -0.1) is 0 Å². The van der Waals surface area contributed by atoms with Crippen molar-refractivity contribution in [3.05, 3.63) is 24.5 Å². The Balaban J connectivity index is 1.65. The highest BCUT2D eigenvalue weighted by atomic mass is 16.5. The van der Waals surface area contributed by atoms with Crippen molar-refractivity contribution in [1.82, 2.24) is 14.8 Å². The van der Waals surface area contributed by atoms with Gasteiger partial charge in [-0.3, -0.25) is 14.6 Å². The van der Waals surface area contributed by atoms with Gasteiger partial charge in [0.1, 0.15) is 0 Å². The maximum Gasteiger partial charge on any atom is 0.242 e. The Kier molecular flexibility index (Phi) is 6.88. The molecule has 2 atom stereocenters. The van der Waals surface area contributed by atoms with Crippen LogP contribution in [0.2, 0.25) is 0 Å². The number of amides is 2. The number of hydrogen-bond donors (Lipinski definition) is 1. The molecule has 2 aliphatic heterocycles. The minimum absolute atomic E-state index is 0.0367. The standard InChI is InChI=1S/C21H32N4O3/c1-3-28-14-13-24-11-5-8-21(20(24)27)9-6-12-25(17(21)2)19(26)16-23-18-7-4-10-22-15-18/h4,7,10,15,17,23H,3,5-6,8-9,11-14,16H2,1-2H3/t17-,21+/m1/s1. The predicted molar refractivity (Wildman–Crippen MR) is 108 cm³/mol. The Hall–Kier alpha value is -2.15. The lowest BCUT2D eigenvalue weighted by Crippen LogP contribution is -2.62. The molecule has 154 valence electrons. The number of carbonyl (C=O) groups excluding carboxylic acids is 2. The first-order chi connectivity index (χ1) is 13.6. The molecule has 28 heavy (non-hydrogen) atoms. The van der Waals surface area contributed by atoms with Crippen molar-refractivity contribution in [2.45, 2.75) is 45.6 Å². The van der Waals surface area contributed by atoms with Gasteiger partial charge in [0.2, 0.25) is 11.8 Å². The SMILES string of the molecule is CCOCCN1CCC[C@@]2(CCCN(C(=O)CNc3cccnc3)[C@@H]2C)C1=O. The van der Waals surface area contributed by atoms with Crippen LogP contribution in [0.3, 0.4) is 0 Å². The summed E-state index contributed by atoms with van der Waals surface area (Å²) in [5.41, 5.74) is 0.373. The van der Waals surface area contributed by atoms with E-state index in [1.807, 2.05) is 35.8 Å². The normalized spacial score (nSPS) is 25.2. The Morgan fingerprint density at radius 2 is 2.14 bits per heavy atom. The van der Waals surface area contributed by atoms with E-state index in [1.54, 1.807) is 12.4 Å². The van der Waals surface area contributed by atoms with Gasteiger partial charge in [0, 0.05) is 44.7 Å². The summed E-state index contributed by atoms with van der Waals surface area (Å²) in [6.45, 7) is 7.60. The lowest BCUT2D eigenvalue weighted by molar-refractivity contribution is -0.159. The van der Waals surface area contributed by atoms with E-state index in [1.165, 1.54) is 0 Å². The molecular weight excluding hydrogens is 356 g/mol. The van der Waals surface area contributed by atoms with E-state index in [-0.39, 0.29) is 24.4 Å². The molecule has 3 heterocycles. The van der Waals surface area contributed by atoms with Crippen molar-refractivity contribution < 1.29 is 14.3 Å². The van der Waals surface area contributed by atoms with Gasteiger partial charge in [0.15, 0.2) is 0 Å². The number of nitrogens with zero attached hydrogens (tertiary/aromatic N) is 3. The Labute approximate surface area is 167 Å². The number of carbonyl (C=O) groups is 2. The molecule has 0 aromatic carbocycles. The quantitative estimate of drug-likeness (QED) is 0.725. The number of ether oxygens (including phenoxy) is 1. The molecule has 1 spiro atoms. The Bertz CT molecular complexity index is 665. The average molecular weight is 389 g/mol. The molecule has 2 aliphatic rings. The lowest BCUT2D eigenvalue weighted by atomic mass is 9.67. The Morgan fingerprint density at radius 3 is 2.86 bits per heavy atom. The minimum Gasteiger partial charge on any atom is -0.380 e. The molecule has 0 unspecified atom stereocenters. The van der Waals surface area contributed by atoms with Gasteiger partial charge < -0.3 is 19.9 Å². The predicted octanol–water partition coefficient (Wildman–Crippen LogP) is 2.15. The molecule has 2 fully saturated rings. The second-order valence-corrected chi connectivity index (χ2v) is 7.71. The molecule has 1 aromatic rings. The number of likely N-dealkylation sites (tertiary alicyclic amines) is 2. The third-order valence-corrected chi connectivity index (χ3v) is 6.19. The lowest BCUT2D eigenvalue weighted by Gasteiger charge is -2.51.